The van der Waals surface area contributed by atoms with Crippen LogP contribution >= 0.6 is 0 Å². The van der Waals surface area contributed by atoms with E-state index < -0.39 is 11.6 Å². The summed E-state index contributed by atoms with van der Waals surface area (Å²) in [6.45, 7) is 4.01. The second-order valence-corrected chi connectivity index (χ2v) is 7.82. The Morgan fingerprint density at radius 3 is 2.71 bits per heavy atom. The number of nitrogens with two attached hydrogens (primary N) is 1. The molecule has 34 heavy (non-hydrogen) atoms. The average Bonchev–Trinajstić information content (AvgIpc) is 3.25. The van der Waals surface area contributed by atoms with Crippen LogP contribution in [0.25, 0.3) is 16.9 Å². The normalized spacial score (nSPS) is 11.9. The van der Waals surface area contributed by atoms with Gasteiger partial charge in [0.05, 0.1) is 19.0 Å². The molecule has 0 bridgehead atoms. The van der Waals surface area contributed by atoms with Crippen LogP contribution in [0.15, 0.2) is 48.9 Å². The van der Waals surface area contributed by atoms with Gasteiger partial charge in [0.25, 0.3) is 5.91 Å². The minimum Gasteiger partial charge on any atom is -0.494 e. The monoisotopic (exact) mass is 466 g/mol. The maximum atomic E-state index is 14.7. The van der Waals surface area contributed by atoms with Gasteiger partial charge in [-0.1, -0.05) is 0 Å². The number of halogens is 2. The number of aryl methyl sites for hydroxylation is 1. The van der Waals surface area contributed by atoms with Crippen molar-refractivity contribution in [2.45, 2.75) is 19.9 Å². The first-order chi connectivity index (χ1) is 16.3. The number of fused-ring (bicyclic) bond motifs is 1. The molecule has 1 amide bonds. The van der Waals surface area contributed by atoms with E-state index in [2.05, 4.69) is 20.6 Å². The molecule has 176 valence electrons. The van der Waals surface area contributed by atoms with E-state index in [0.29, 0.717) is 35.0 Å². The number of methoxy groups -OCH3 is 1. The lowest BCUT2D eigenvalue weighted by atomic mass is 10.1. The van der Waals surface area contributed by atoms with E-state index in [4.69, 9.17) is 10.5 Å². The number of hydrogen-bond acceptors (Lipinski definition) is 6. The predicted molar refractivity (Wildman–Crippen MR) is 125 cm³/mol. The number of ether oxygens (including phenoxy) is 1. The van der Waals surface area contributed by atoms with E-state index in [0.717, 1.165) is 5.56 Å². The SMILES string of the molecule is COc1ccc(-c2cnc3c(Nc4ccc(C(=O)N[C@@H](C)CN)c(C)c4)nccn23)c(F)c1F. The fourth-order valence-electron chi connectivity index (χ4n) is 3.59. The maximum Gasteiger partial charge on any atom is 0.251 e. The number of benzene rings is 2. The Morgan fingerprint density at radius 2 is 2.00 bits per heavy atom. The summed E-state index contributed by atoms with van der Waals surface area (Å²) >= 11 is 0. The zero-order chi connectivity index (χ0) is 24.4. The topological polar surface area (TPSA) is 107 Å². The molecule has 4 aromatic rings. The van der Waals surface area contributed by atoms with E-state index in [1.54, 1.807) is 22.7 Å². The highest BCUT2D eigenvalue weighted by Crippen LogP contribution is 2.31. The molecule has 0 aliphatic heterocycles. The van der Waals surface area contributed by atoms with Gasteiger partial charge in [0.2, 0.25) is 5.82 Å². The highest BCUT2D eigenvalue weighted by molar-refractivity contribution is 5.96. The van der Waals surface area contributed by atoms with E-state index >= 15 is 0 Å². The minimum absolute atomic E-state index is 0.0425. The number of carbonyl (C=O) groups is 1. The number of imidazole rings is 1. The molecule has 0 saturated heterocycles. The van der Waals surface area contributed by atoms with Gasteiger partial charge >= 0.3 is 0 Å². The molecule has 2 heterocycles. The lowest BCUT2D eigenvalue weighted by Gasteiger charge is -2.14. The Morgan fingerprint density at radius 1 is 1.21 bits per heavy atom. The van der Waals surface area contributed by atoms with Crippen LogP contribution in [0.2, 0.25) is 0 Å². The molecule has 0 spiro atoms. The van der Waals surface area contributed by atoms with Gasteiger partial charge in [0.1, 0.15) is 0 Å². The molecule has 2 aromatic carbocycles. The van der Waals surface area contributed by atoms with Crippen molar-refractivity contribution in [3.05, 3.63) is 71.7 Å². The molecule has 1 atom stereocenters. The van der Waals surface area contributed by atoms with Gasteiger partial charge < -0.3 is 21.1 Å². The molecule has 4 rings (SSSR count). The van der Waals surface area contributed by atoms with Crippen molar-refractivity contribution in [3.8, 4) is 17.0 Å². The third kappa shape index (κ3) is 4.27. The van der Waals surface area contributed by atoms with Gasteiger partial charge in [-0.3, -0.25) is 9.20 Å². The Hall–Kier alpha value is -4.05. The van der Waals surface area contributed by atoms with Crippen molar-refractivity contribution in [1.29, 1.82) is 0 Å². The Bertz CT molecular complexity index is 1370. The summed E-state index contributed by atoms with van der Waals surface area (Å²) in [7, 11) is 1.27. The van der Waals surface area contributed by atoms with Crippen LogP contribution in [0.5, 0.6) is 5.75 Å². The Kier molecular flexibility index (Phi) is 6.42. The van der Waals surface area contributed by atoms with Gasteiger partial charge in [0, 0.05) is 41.8 Å². The molecule has 0 radical (unpaired) electrons. The number of rotatable bonds is 7. The van der Waals surface area contributed by atoms with Gasteiger partial charge in [-0.15, -0.1) is 0 Å². The number of anilines is 2. The summed E-state index contributed by atoms with van der Waals surface area (Å²) in [6, 6.07) is 7.95. The average molecular weight is 466 g/mol. The van der Waals surface area contributed by atoms with Gasteiger partial charge in [-0.2, -0.15) is 4.39 Å². The van der Waals surface area contributed by atoms with Crippen LogP contribution in [0.3, 0.4) is 0 Å². The zero-order valence-corrected chi connectivity index (χ0v) is 18.9. The number of hydrogen-bond donors (Lipinski definition) is 3. The second-order valence-electron chi connectivity index (χ2n) is 7.82. The second kappa shape index (κ2) is 9.44. The highest BCUT2D eigenvalue weighted by atomic mass is 19.2. The van der Waals surface area contributed by atoms with E-state index in [-0.39, 0.29) is 23.3 Å². The van der Waals surface area contributed by atoms with Crippen LogP contribution in [-0.4, -0.2) is 40.0 Å². The van der Waals surface area contributed by atoms with Crippen molar-refractivity contribution < 1.29 is 18.3 Å². The van der Waals surface area contributed by atoms with Gasteiger partial charge in [0.15, 0.2) is 23.0 Å². The number of aromatic nitrogens is 3. The van der Waals surface area contributed by atoms with Gasteiger partial charge in [-0.05, 0) is 49.7 Å². The zero-order valence-electron chi connectivity index (χ0n) is 18.9. The molecule has 0 aliphatic rings. The summed E-state index contributed by atoms with van der Waals surface area (Å²) in [5, 5.41) is 6.02. The molecule has 10 heteroatoms. The standard InChI is InChI=1S/C24H24F2N6O2/c1-13-10-15(4-5-16(13)24(33)30-14(2)11-27)31-22-23-29-12-18(32(23)9-8-28-22)17-6-7-19(34-3)21(26)20(17)25/h4-10,12,14H,11,27H2,1-3H3,(H,28,31)(H,30,33)/t14-/m0/s1. The molecule has 0 fully saturated rings. The predicted octanol–water partition coefficient (Wildman–Crippen LogP) is 3.81. The number of carbonyl (C=O) groups excluding carboxylic acids is 1. The first-order valence-corrected chi connectivity index (χ1v) is 10.6. The van der Waals surface area contributed by atoms with Crippen LogP contribution in [0.1, 0.15) is 22.8 Å². The Labute approximate surface area is 194 Å². The third-order valence-corrected chi connectivity index (χ3v) is 5.44. The third-order valence-electron chi connectivity index (χ3n) is 5.44. The largest absolute Gasteiger partial charge is 0.494 e. The molecular formula is C24H24F2N6O2. The van der Waals surface area contributed by atoms with E-state index in [1.165, 1.54) is 31.6 Å². The van der Waals surface area contributed by atoms with Crippen LogP contribution < -0.4 is 21.1 Å². The highest BCUT2D eigenvalue weighted by Gasteiger charge is 2.19. The van der Waals surface area contributed by atoms with Crippen molar-refractivity contribution in [2.24, 2.45) is 5.73 Å². The summed E-state index contributed by atoms with van der Waals surface area (Å²) in [5.74, 6) is -2.06. The van der Waals surface area contributed by atoms with Crippen LogP contribution in [-0.2, 0) is 0 Å². The van der Waals surface area contributed by atoms with Crippen molar-refractivity contribution in [2.75, 3.05) is 19.0 Å². The van der Waals surface area contributed by atoms with Crippen molar-refractivity contribution in [3.63, 3.8) is 0 Å². The van der Waals surface area contributed by atoms with Crippen molar-refractivity contribution >= 4 is 23.1 Å². The summed E-state index contributed by atoms with van der Waals surface area (Å²) < 4.78 is 35.4. The number of nitrogens with one attached hydrogen (secondary N) is 2. The molecule has 2 aromatic heterocycles. The smallest absolute Gasteiger partial charge is 0.251 e. The summed E-state index contributed by atoms with van der Waals surface area (Å²) in [5.41, 5.74) is 8.39. The quantitative estimate of drug-likeness (QED) is 0.382. The lowest BCUT2D eigenvalue weighted by molar-refractivity contribution is 0.0940. The number of nitrogens with zero attached hydrogens (tertiary/aromatic N) is 3. The molecule has 0 aliphatic carbocycles. The lowest BCUT2D eigenvalue weighted by Crippen LogP contribution is -2.38. The summed E-state index contributed by atoms with van der Waals surface area (Å²) in [6.07, 6.45) is 4.59. The number of amides is 1. The molecule has 8 nitrogen and oxygen atoms in total. The van der Waals surface area contributed by atoms with Gasteiger partial charge in [-0.25, -0.2) is 14.4 Å². The molecule has 4 N–H and O–H groups in total. The van der Waals surface area contributed by atoms with Crippen LogP contribution in [0, 0.1) is 18.6 Å². The molecule has 0 saturated carbocycles. The fraction of sp³-hybridized carbons (Fsp3) is 0.208. The van der Waals surface area contributed by atoms with Crippen molar-refractivity contribution in [1.82, 2.24) is 19.7 Å². The van der Waals surface area contributed by atoms with Crippen LogP contribution in [0.4, 0.5) is 20.3 Å². The summed E-state index contributed by atoms with van der Waals surface area (Å²) in [4.78, 5) is 21.1. The maximum absolute atomic E-state index is 14.7. The fourth-order valence-corrected chi connectivity index (χ4v) is 3.59. The van der Waals surface area contributed by atoms with E-state index in [9.17, 15) is 13.6 Å². The molecular weight excluding hydrogens is 442 g/mol. The minimum atomic E-state index is -1.07. The first kappa shape index (κ1) is 23.1. The molecule has 0 unspecified atom stereocenters. The first-order valence-electron chi connectivity index (χ1n) is 10.6. The Balaban J connectivity index is 1.65. The van der Waals surface area contributed by atoms with E-state index in [1.807, 2.05) is 19.9 Å².